The Morgan fingerprint density at radius 1 is 1.35 bits per heavy atom. The van der Waals surface area contributed by atoms with Crippen LogP contribution in [0.15, 0.2) is 6.07 Å². The van der Waals surface area contributed by atoms with E-state index in [0.29, 0.717) is 10.7 Å². The molecule has 2 N–H and O–H groups in total. The van der Waals surface area contributed by atoms with Crippen molar-refractivity contribution >= 4 is 11.9 Å². The van der Waals surface area contributed by atoms with Crippen LogP contribution in [0.25, 0.3) is 0 Å². The summed E-state index contributed by atoms with van der Waals surface area (Å²) < 4.78 is 39.3. The van der Waals surface area contributed by atoms with Crippen LogP contribution < -0.4 is 0 Å². The largest absolute Gasteiger partial charge is 0.481 e. The molecule has 10 heteroatoms. The van der Waals surface area contributed by atoms with Gasteiger partial charge in [0, 0.05) is 26.2 Å². The molecule has 0 radical (unpaired) electrons. The van der Waals surface area contributed by atoms with E-state index < -0.39 is 35.3 Å². The number of halogens is 3. The van der Waals surface area contributed by atoms with Crippen LogP contribution in [0.5, 0.6) is 0 Å². The third-order valence-electron chi connectivity index (χ3n) is 5.24. The van der Waals surface area contributed by atoms with Gasteiger partial charge in [0.25, 0.3) is 5.91 Å². The number of amides is 1. The number of nitrogens with zero attached hydrogens (tertiary/aromatic N) is 3. The van der Waals surface area contributed by atoms with Gasteiger partial charge in [-0.15, -0.1) is 0 Å². The molecule has 0 spiro atoms. The number of rotatable bonds is 4. The first kappa shape index (κ1) is 18.7. The highest BCUT2D eigenvalue weighted by molar-refractivity contribution is 5.93. The molecule has 1 aliphatic heterocycles. The quantitative estimate of drug-likeness (QED) is 0.832. The maximum absolute atomic E-state index is 12.9. The fourth-order valence-electron chi connectivity index (χ4n) is 3.59. The molecular weight excluding hydrogens is 355 g/mol. The fourth-order valence-corrected chi connectivity index (χ4v) is 3.59. The van der Waals surface area contributed by atoms with Crippen LogP contribution in [0.1, 0.15) is 41.9 Å². The molecule has 2 heterocycles. The lowest BCUT2D eigenvalue weighted by Gasteiger charge is -2.43. The third kappa shape index (κ3) is 3.29. The maximum Gasteiger partial charge on any atom is 0.433 e. The van der Waals surface area contributed by atoms with Crippen LogP contribution in [-0.2, 0) is 18.0 Å². The molecule has 2 atom stereocenters. The Kier molecular flexibility index (Phi) is 4.50. The Balaban J connectivity index is 1.85. The van der Waals surface area contributed by atoms with Crippen molar-refractivity contribution in [1.29, 1.82) is 0 Å². The van der Waals surface area contributed by atoms with Gasteiger partial charge < -0.3 is 15.1 Å². The van der Waals surface area contributed by atoms with Crippen LogP contribution in [0.4, 0.5) is 13.2 Å². The van der Waals surface area contributed by atoms with E-state index in [1.807, 2.05) is 0 Å². The number of aliphatic hydroxyl groups excluding tert-OH is 1. The minimum Gasteiger partial charge on any atom is -0.481 e. The van der Waals surface area contributed by atoms with Gasteiger partial charge in [0.15, 0.2) is 5.69 Å². The number of alkyl halides is 3. The SMILES string of the molecule is Cn1nc(C(=O)N2CC[C@@H](O)[C@](CC3CC3)(C(=O)O)C2)cc1C(F)(F)F. The Morgan fingerprint density at radius 2 is 2.00 bits per heavy atom. The van der Waals surface area contributed by atoms with Gasteiger partial charge in [-0.3, -0.25) is 14.3 Å². The number of piperidine rings is 1. The summed E-state index contributed by atoms with van der Waals surface area (Å²) in [6.07, 6.45) is -3.67. The Bertz CT molecular complexity index is 729. The van der Waals surface area contributed by atoms with E-state index in [1.165, 1.54) is 4.90 Å². The van der Waals surface area contributed by atoms with Gasteiger partial charge in [0.05, 0.1) is 6.10 Å². The molecule has 144 valence electrons. The summed E-state index contributed by atoms with van der Waals surface area (Å²) in [6.45, 7) is -0.172. The summed E-state index contributed by atoms with van der Waals surface area (Å²) in [5, 5.41) is 23.6. The van der Waals surface area contributed by atoms with Crippen molar-refractivity contribution in [1.82, 2.24) is 14.7 Å². The van der Waals surface area contributed by atoms with Gasteiger partial charge in [-0.05, 0) is 18.8 Å². The first-order chi connectivity index (χ1) is 12.0. The number of hydrogen-bond donors (Lipinski definition) is 2. The lowest BCUT2D eigenvalue weighted by molar-refractivity contribution is -0.163. The van der Waals surface area contributed by atoms with Crippen LogP contribution in [0.3, 0.4) is 0 Å². The number of aromatic nitrogens is 2. The standard InChI is InChI=1S/C16H20F3N3O4/c1-21-11(16(17,18)19)6-10(20-21)13(24)22-5-4-12(23)15(8-22,14(25)26)7-9-2-3-9/h6,9,12,23H,2-5,7-8H2,1H3,(H,25,26)/t12-,15-/m1/s1. The highest BCUT2D eigenvalue weighted by atomic mass is 19.4. The molecule has 1 saturated heterocycles. The fraction of sp³-hybridized carbons (Fsp3) is 0.688. The predicted octanol–water partition coefficient (Wildman–Crippen LogP) is 1.52. The molecule has 1 saturated carbocycles. The van der Waals surface area contributed by atoms with E-state index >= 15 is 0 Å². The number of likely N-dealkylation sites (tertiary alicyclic amines) is 1. The minimum absolute atomic E-state index is 0.0592. The van der Waals surface area contributed by atoms with Crippen molar-refractivity contribution in [3.05, 3.63) is 17.5 Å². The van der Waals surface area contributed by atoms with E-state index in [4.69, 9.17) is 0 Å². The van der Waals surface area contributed by atoms with E-state index in [0.717, 1.165) is 19.9 Å². The highest BCUT2D eigenvalue weighted by Gasteiger charge is 2.52. The van der Waals surface area contributed by atoms with Crippen molar-refractivity contribution in [2.75, 3.05) is 13.1 Å². The van der Waals surface area contributed by atoms with E-state index in [9.17, 15) is 33.0 Å². The maximum atomic E-state index is 12.9. The van der Waals surface area contributed by atoms with Gasteiger partial charge in [-0.1, -0.05) is 12.8 Å². The average Bonchev–Trinajstić information content (AvgIpc) is 3.26. The molecule has 0 bridgehead atoms. The highest BCUT2D eigenvalue weighted by Crippen LogP contribution is 2.45. The number of hydrogen-bond acceptors (Lipinski definition) is 4. The number of carboxylic acids is 1. The second-order valence-electron chi connectivity index (χ2n) is 7.18. The van der Waals surface area contributed by atoms with Crippen LogP contribution >= 0.6 is 0 Å². The number of aryl methyl sites for hydroxylation is 1. The lowest BCUT2D eigenvalue weighted by Crippen LogP contribution is -2.57. The zero-order valence-corrected chi connectivity index (χ0v) is 14.2. The molecule has 1 aromatic heterocycles. The molecule has 1 aliphatic carbocycles. The van der Waals surface area contributed by atoms with Gasteiger partial charge in [0.2, 0.25) is 0 Å². The molecule has 3 rings (SSSR count). The summed E-state index contributed by atoms with van der Waals surface area (Å²) in [4.78, 5) is 25.7. The normalized spacial score (nSPS) is 26.8. The monoisotopic (exact) mass is 375 g/mol. The smallest absolute Gasteiger partial charge is 0.433 e. The summed E-state index contributed by atoms with van der Waals surface area (Å²) in [7, 11) is 1.09. The number of carboxylic acid groups (broad SMARTS) is 1. The predicted molar refractivity (Wildman–Crippen MR) is 82.1 cm³/mol. The topological polar surface area (TPSA) is 95.7 Å². The first-order valence-corrected chi connectivity index (χ1v) is 8.36. The zero-order valence-electron chi connectivity index (χ0n) is 14.2. The van der Waals surface area contributed by atoms with E-state index in [2.05, 4.69) is 5.10 Å². The number of carbonyl (C=O) groups is 2. The molecule has 0 aromatic carbocycles. The first-order valence-electron chi connectivity index (χ1n) is 8.36. The molecule has 7 nitrogen and oxygen atoms in total. The van der Waals surface area contributed by atoms with Gasteiger partial charge in [-0.25, -0.2) is 0 Å². The van der Waals surface area contributed by atoms with Crippen molar-refractivity contribution in [2.45, 2.75) is 38.0 Å². The molecule has 1 amide bonds. The Morgan fingerprint density at radius 3 is 2.50 bits per heavy atom. The zero-order chi connectivity index (χ0) is 19.3. The summed E-state index contributed by atoms with van der Waals surface area (Å²) in [6, 6.07) is 0.663. The van der Waals surface area contributed by atoms with Crippen molar-refractivity contribution < 1.29 is 33.0 Å². The van der Waals surface area contributed by atoms with E-state index in [-0.39, 0.29) is 37.5 Å². The van der Waals surface area contributed by atoms with Crippen LogP contribution in [-0.4, -0.2) is 56.0 Å². The molecule has 0 unspecified atom stereocenters. The third-order valence-corrected chi connectivity index (χ3v) is 5.24. The summed E-state index contributed by atoms with van der Waals surface area (Å²) >= 11 is 0. The lowest BCUT2D eigenvalue weighted by atomic mass is 9.73. The van der Waals surface area contributed by atoms with Gasteiger partial charge in [0.1, 0.15) is 11.1 Å². The van der Waals surface area contributed by atoms with Gasteiger partial charge >= 0.3 is 12.1 Å². The molecule has 26 heavy (non-hydrogen) atoms. The second kappa shape index (κ2) is 6.26. The summed E-state index contributed by atoms with van der Waals surface area (Å²) in [5.74, 6) is -1.75. The van der Waals surface area contributed by atoms with E-state index in [1.54, 1.807) is 0 Å². The van der Waals surface area contributed by atoms with Crippen molar-refractivity contribution in [2.24, 2.45) is 18.4 Å². The van der Waals surface area contributed by atoms with Crippen molar-refractivity contribution in [3.63, 3.8) is 0 Å². The molecular formula is C16H20F3N3O4. The Labute approximate surface area is 147 Å². The molecule has 2 aliphatic rings. The minimum atomic E-state index is -4.64. The van der Waals surface area contributed by atoms with Crippen LogP contribution in [0, 0.1) is 11.3 Å². The van der Waals surface area contributed by atoms with Crippen LogP contribution in [0.2, 0.25) is 0 Å². The molecule has 1 aromatic rings. The van der Waals surface area contributed by atoms with Crippen molar-refractivity contribution in [3.8, 4) is 0 Å². The Hall–Kier alpha value is -2.10. The summed E-state index contributed by atoms with van der Waals surface area (Å²) in [5.41, 5.74) is -2.93. The second-order valence-corrected chi connectivity index (χ2v) is 7.18. The number of aliphatic hydroxyl groups is 1. The molecule has 2 fully saturated rings. The number of carbonyl (C=O) groups excluding carboxylic acids is 1. The number of aliphatic carboxylic acids is 1. The average molecular weight is 375 g/mol. The van der Waals surface area contributed by atoms with Gasteiger partial charge in [-0.2, -0.15) is 18.3 Å².